The highest BCUT2D eigenvalue weighted by Gasteiger charge is 2.12. The van der Waals surface area contributed by atoms with E-state index in [0.29, 0.717) is 18.9 Å². The van der Waals surface area contributed by atoms with Crippen molar-refractivity contribution in [1.82, 2.24) is 10.3 Å². The molecular formula is C11H19N3OS. The van der Waals surface area contributed by atoms with Gasteiger partial charge in [-0.1, -0.05) is 13.8 Å². The van der Waals surface area contributed by atoms with E-state index in [1.807, 2.05) is 26.2 Å². The number of aromatic nitrogens is 1. The van der Waals surface area contributed by atoms with Crippen LogP contribution in [-0.4, -0.2) is 16.9 Å². The Labute approximate surface area is 100 Å². The van der Waals surface area contributed by atoms with Crippen molar-refractivity contribution < 1.29 is 4.79 Å². The monoisotopic (exact) mass is 241 g/mol. The van der Waals surface area contributed by atoms with Gasteiger partial charge in [-0.15, -0.1) is 11.3 Å². The minimum atomic E-state index is -0.0713. The molecular weight excluding hydrogens is 222 g/mol. The summed E-state index contributed by atoms with van der Waals surface area (Å²) in [6.45, 7) is 6.48. The summed E-state index contributed by atoms with van der Waals surface area (Å²) >= 11 is 1.56. The molecule has 0 spiro atoms. The van der Waals surface area contributed by atoms with E-state index in [0.717, 1.165) is 10.7 Å². The third kappa shape index (κ3) is 4.28. The van der Waals surface area contributed by atoms with Crippen LogP contribution < -0.4 is 11.1 Å². The largest absolute Gasteiger partial charge is 0.350 e. The molecule has 0 saturated heterocycles. The van der Waals surface area contributed by atoms with Crippen LogP contribution >= 0.6 is 11.3 Å². The summed E-state index contributed by atoms with van der Waals surface area (Å²) < 4.78 is 0. The van der Waals surface area contributed by atoms with Gasteiger partial charge in [0.05, 0.1) is 6.54 Å². The summed E-state index contributed by atoms with van der Waals surface area (Å²) in [6, 6.07) is -0.0713. The number of carbonyl (C=O) groups is 1. The molecule has 0 aliphatic carbocycles. The highest BCUT2D eigenvalue weighted by Crippen LogP contribution is 2.08. The predicted octanol–water partition coefficient (Wildman–Crippen LogP) is 1.44. The van der Waals surface area contributed by atoms with E-state index in [1.54, 1.807) is 11.3 Å². The number of aryl methyl sites for hydroxylation is 1. The maximum Gasteiger partial charge on any atom is 0.221 e. The fourth-order valence-corrected chi connectivity index (χ4v) is 1.89. The molecule has 5 heteroatoms. The molecule has 90 valence electrons. The van der Waals surface area contributed by atoms with Gasteiger partial charge in [-0.3, -0.25) is 4.79 Å². The number of nitrogens with zero attached hydrogens (tertiary/aromatic N) is 1. The number of hydrogen-bond acceptors (Lipinski definition) is 4. The lowest BCUT2D eigenvalue weighted by atomic mass is 10.0. The average molecular weight is 241 g/mol. The molecule has 4 nitrogen and oxygen atoms in total. The van der Waals surface area contributed by atoms with Crippen molar-refractivity contribution in [2.24, 2.45) is 11.7 Å². The lowest BCUT2D eigenvalue weighted by Gasteiger charge is -2.14. The molecule has 16 heavy (non-hydrogen) atoms. The van der Waals surface area contributed by atoms with Gasteiger partial charge in [-0.2, -0.15) is 0 Å². The van der Waals surface area contributed by atoms with Gasteiger partial charge in [0.2, 0.25) is 5.91 Å². The lowest BCUT2D eigenvalue weighted by molar-refractivity contribution is -0.121. The lowest BCUT2D eigenvalue weighted by Crippen LogP contribution is -2.34. The smallest absolute Gasteiger partial charge is 0.221 e. The minimum Gasteiger partial charge on any atom is -0.350 e. The zero-order valence-electron chi connectivity index (χ0n) is 9.99. The van der Waals surface area contributed by atoms with Crippen molar-refractivity contribution >= 4 is 17.2 Å². The van der Waals surface area contributed by atoms with Crippen LogP contribution in [0.2, 0.25) is 0 Å². The molecule has 0 radical (unpaired) electrons. The van der Waals surface area contributed by atoms with Crippen molar-refractivity contribution in [2.45, 2.75) is 39.8 Å². The van der Waals surface area contributed by atoms with E-state index in [9.17, 15) is 4.79 Å². The van der Waals surface area contributed by atoms with Gasteiger partial charge in [0.1, 0.15) is 5.01 Å². The maximum atomic E-state index is 11.5. The van der Waals surface area contributed by atoms with Gasteiger partial charge in [-0.05, 0) is 12.8 Å². The molecule has 3 N–H and O–H groups in total. The van der Waals surface area contributed by atoms with Crippen LogP contribution in [0, 0.1) is 12.8 Å². The van der Waals surface area contributed by atoms with Crippen LogP contribution in [-0.2, 0) is 11.3 Å². The zero-order valence-corrected chi connectivity index (χ0v) is 10.8. The molecule has 1 amide bonds. The van der Waals surface area contributed by atoms with Crippen molar-refractivity contribution in [3.63, 3.8) is 0 Å². The molecule has 0 bridgehead atoms. The molecule has 1 rings (SSSR count). The van der Waals surface area contributed by atoms with E-state index in [4.69, 9.17) is 5.73 Å². The minimum absolute atomic E-state index is 0.00551. The Morgan fingerprint density at radius 3 is 2.81 bits per heavy atom. The predicted molar refractivity (Wildman–Crippen MR) is 66.1 cm³/mol. The first kappa shape index (κ1) is 13.1. The number of amides is 1. The van der Waals surface area contributed by atoms with E-state index in [-0.39, 0.29) is 11.9 Å². The number of nitrogens with two attached hydrogens (primary N) is 1. The molecule has 1 heterocycles. The number of rotatable bonds is 5. The Balaban J connectivity index is 2.30. The van der Waals surface area contributed by atoms with E-state index in [2.05, 4.69) is 10.3 Å². The second kappa shape index (κ2) is 5.96. The van der Waals surface area contributed by atoms with Gasteiger partial charge in [0.15, 0.2) is 0 Å². The number of nitrogens with one attached hydrogen (secondary N) is 1. The quantitative estimate of drug-likeness (QED) is 0.819. The first-order valence-corrected chi connectivity index (χ1v) is 6.30. The van der Waals surface area contributed by atoms with Crippen LogP contribution in [0.25, 0.3) is 0 Å². The fraction of sp³-hybridized carbons (Fsp3) is 0.636. The number of hydrogen-bond donors (Lipinski definition) is 2. The topological polar surface area (TPSA) is 68.0 Å². The fourth-order valence-electron chi connectivity index (χ4n) is 1.18. The number of carbonyl (C=O) groups excluding carboxylic acids is 1. The van der Waals surface area contributed by atoms with Gasteiger partial charge < -0.3 is 11.1 Å². The SMILES string of the molecule is Cc1csc(CNC(=O)CC(N)C(C)C)n1. The Hall–Kier alpha value is -0.940. The van der Waals surface area contributed by atoms with Crippen molar-refractivity contribution in [3.8, 4) is 0 Å². The van der Waals surface area contributed by atoms with E-state index < -0.39 is 0 Å². The van der Waals surface area contributed by atoms with E-state index in [1.165, 1.54) is 0 Å². The Morgan fingerprint density at radius 1 is 1.62 bits per heavy atom. The van der Waals surface area contributed by atoms with Gasteiger partial charge in [0.25, 0.3) is 0 Å². The average Bonchev–Trinajstić information content (AvgIpc) is 2.61. The molecule has 1 unspecified atom stereocenters. The standard InChI is InChI=1S/C11H19N3OS/c1-7(2)9(12)4-10(15)13-5-11-14-8(3)6-16-11/h6-7,9H,4-5,12H2,1-3H3,(H,13,15). The number of thiazole rings is 1. The zero-order chi connectivity index (χ0) is 12.1. The van der Waals surface area contributed by atoms with Crippen LogP contribution in [0.5, 0.6) is 0 Å². The normalized spacial score (nSPS) is 12.8. The highest BCUT2D eigenvalue weighted by atomic mass is 32.1. The summed E-state index contributed by atoms with van der Waals surface area (Å²) in [5, 5.41) is 5.73. The molecule has 0 fully saturated rings. The van der Waals surface area contributed by atoms with Crippen LogP contribution in [0.15, 0.2) is 5.38 Å². The van der Waals surface area contributed by atoms with Crippen LogP contribution in [0.4, 0.5) is 0 Å². The molecule has 0 aliphatic heterocycles. The Kier molecular flexibility index (Phi) is 4.89. The molecule has 1 aromatic rings. The summed E-state index contributed by atoms with van der Waals surface area (Å²) in [7, 11) is 0. The van der Waals surface area contributed by atoms with Crippen LogP contribution in [0.1, 0.15) is 31.0 Å². The summed E-state index contributed by atoms with van der Waals surface area (Å²) in [6.07, 6.45) is 0.377. The summed E-state index contributed by atoms with van der Waals surface area (Å²) in [5.41, 5.74) is 6.81. The van der Waals surface area contributed by atoms with Gasteiger partial charge >= 0.3 is 0 Å². The Morgan fingerprint density at radius 2 is 2.31 bits per heavy atom. The van der Waals surface area contributed by atoms with Crippen molar-refractivity contribution in [3.05, 3.63) is 16.1 Å². The third-order valence-electron chi connectivity index (χ3n) is 2.38. The van der Waals surface area contributed by atoms with Crippen LogP contribution in [0.3, 0.4) is 0 Å². The molecule has 0 saturated carbocycles. The molecule has 0 aliphatic rings. The van der Waals surface area contributed by atoms with Gasteiger partial charge in [0, 0.05) is 23.5 Å². The van der Waals surface area contributed by atoms with Gasteiger partial charge in [-0.25, -0.2) is 4.98 Å². The summed E-state index contributed by atoms with van der Waals surface area (Å²) in [5.74, 6) is 0.321. The molecule has 0 aromatic carbocycles. The Bertz CT molecular complexity index is 349. The molecule has 1 aromatic heterocycles. The maximum absolute atomic E-state index is 11.5. The van der Waals surface area contributed by atoms with Crippen molar-refractivity contribution in [1.29, 1.82) is 0 Å². The second-order valence-electron chi connectivity index (χ2n) is 4.27. The first-order valence-electron chi connectivity index (χ1n) is 5.42. The first-order chi connectivity index (χ1) is 7.49. The molecule has 1 atom stereocenters. The second-order valence-corrected chi connectivity index (χ2v) is 5.21. The van der Waals surface area contributed by atoms with Crippen molar-refractivity contribution in [2.75, 3.05) is 0 Å². The summed E-state index contributed by atoms with van der Waals surface area (Å²) in [4.78, 5) is 15.8. The highest BCUT2D eigenvalue weighted by molar-refractivity contribution is 7.09. The van der Waals surface area contributed by atoms with E-state index >= 15 is 0 Å². The third-order valence-corrected chi connectivity index (χ3v) is 3.35.